The van der Waals surface area contributed by atoms with E-state index < -0.39 is 0 Å². The topological polar surface area (TPSA) is 29.5 Å². The van der Waals surface area contributed by atoms with Gasteiger partial charge in [0.15, 0.2) is 0 Å². The van der Waals surface area contributed by atoms with Crippen LogP contribution in [0, 0.1) is 5.41 Å². The lowest BCUT2D eigenvalue weighted by Gasteiger charge is -2.21. The number of hydrogen-bond acceptors (Lipinski definition) is 3. The lowest BCUT2D eigenvalue weighted by atomic mass is 9.91. The molecule has 0 unspecified atom stereocenters. The summed E-state index contributed by atoms with van der Waals surface area (Å²) in [4.78, 5) is 13.2. The molecule has 0 aliphatic rings. The van der Waals surface area contributed by atoms with E-state index in [0.29, 0.717) is 6.73 Å². The Labute approximate surface area is 82.1 Å². The summed E-state index contributed by atoms with van der Waals surface area (Å²) in [7, 11) is 3.73. The molecular formula is C10H23NO2. The van der Waals surface area contributed by atoms with E-state index in [0.717, 1.165) is 6.42 Å². The van der Waals surface area contributed by atoms with Gasteiger partial charge in [-0.2, -0.15) is 0 Å². The maximum atomic E-state index is 11.4. The fraction of sp³-hybridized carbons (Fsp3) is 0.900. The number of esters is 1. The fourth-order valence-electron chi connectivity index (χ4n) is 0.527. The van der Waals surface area contributed by atoms with Crippen molar-refractivity contribution < 1.29 is 9.53 Å². The van der Waals surface area contributed by atoms with Crippen LogP contribution in [0.15, 0.2) is 0 Å². The van der Waals surface area contributed by atoms with Gasteiger partial charge in [0, 0.05) is 0 Å². The molecule has 13 heavy (non-hydrogen) atoms. The molecule has 0 saturated carbocycles. The maximum absolute atomic E-state index is 11.4. The summed E-state index contributed by atoms with van der Waals surface area (Å²) in [6, 6.07) is 0. The summed E-state index contributed by atoms with van der Waals surface area (Å²) < 4.78 is 5.05. The minimum atomic E-state index is -0.351. The van der Waals surface area contributed by atoms with Gasteiger partial charge >= 0.3 is 5.97 Å². The molecule has 0 saturated heterocycles. The highest BCUT2D eigenvalue weighted by Gasteiger charge is 2.26. The van der Waals surface area contributed by atoms with Crippen molar-refractivity contribution in [3.8, 4) is 0 Å². The quantitative estimate of drug-likeness (QED) is 0.501. The second-order valence-electron chi connectivity index (χ2n) is 3.88. The van der Waals surface area contributed by atoms with Gasteiger partial charge in [0.2, 0.25) is 0 Å². The largest absolute Gasteiger partial charge is 0.449 e. The predicted octanol–water partition coefficient (Wildman–Crippen LogP) is 2.12. The van der Waals surface area contributed by atoms with Gasteiger partial charge in [-0.15, -0.1) is 0 Å². The van der Waals surface area contributed by atoms with E-state index in [2.05, 4.69) is 0 Å². The first-order valence-corrected chi connectivity index (χ1v) is 4.22. The van der Waals surface area contributed by atoms with Crippen LogP contribution in [0.5, 0.6) is 0 Å². The van der Waals surface area contributed by atoms with Gasteiger partial charge in [0.05, 0.1) is 5.41 Å². The fourth-order valence-corrected chi connectivity index (χ4v) is 0.527. The molecule has 0 bridgehead atoms. The Kier molecular flexibility index (Phi) is 6.86. The Morgan fingerprint density at radius 2 is 1.85 bits per heavy atom. The van der Waals surface area contributed by atoms with E-state index in [1.54, 1.807) is 0 Å². The van der Waals surface area contributed by atoms with Crippen LogP contribution in [0.4, 0.5) is 0 Å². The molecule has 0 radical (unpaired) electrons. The van der Waals surface area contributed by atoms with Crippen LogP contribution in [0.3, 0.4) is 0 Å². The van der Waals surface area contributed by atoms with Crippen molar-refractivity contribution in [2.75, 3.05) is 20.8 Å². The molecule has 80 valence electrons. The molecule has 0 spiro atoms. The molecule has 0 atom stereocenters. The SMILES string of the molecule is C.CCC(C)(C)C(=O)OCN(C)C. The van der Waals surface area contributed by atoms with Crippen molar-refractivity contribution >= 4 is 5.97 Å². The molecule has 0 aliphatic heterocycles. The molecule has 0 N–H and O–H groups in total. The molecule has 0 amide bonds. The average Bonchev–Trinajstić information content (AvgIpc) is 2.00. The highest BCUT2D eigenvalue weighted by atomic mass is 16.5. The van der Waals surface area contributed by atoms with Crippen LogP contribution in [-0.4, -0.2) is 31.7 Å². The number of hydrogen-bond donors (Lipinski definition) is 0. The standard InChI is InChI=1S/C9H19NO2.CH4/c1-6-9(2,3)8(11)12-7-10(4)5;/h6-7H2,1-5H3;1H4. The molecule has 0 aromatic carbocycles. The maximum Gasteiger partial charge on any atom is 0.312 e. The molecule has 0 rings (SSSR count). The zero-order valence-electron chi connectivity index (χ0n) is 8.68. The molecule has 3 nitrogen and oxygen atoms in total. The van der Waals surface area contributed by atoms with Crippen molar-refractivity contribution in [1.29, 1.82) is 0 Å². The van der Waals surface area contributed by atoms with E-state index in [-0.39, 0.29) is 18.8 Å². The molecular weight excluding hydrogens is 166 g/mol. The molecule has 0 heterocycles. The average molecular weight is 189 g/mol. The third-order valence-electron chi connectivity index (χ3n) is 1.89. The molecule has 0 aromatic heterocycles. The van der Waals surface area contributed by atoms with Gasteiger partial charge < -0.3 is 4.74 Å². The Bertz CT molecular complexity index is 153. The van der Waals surface area contributed by atoms with Gasteiger partial charge in [0.25, 0.3) is 0 Å². The van der Waals surface area contributed by atoms with E-state index in [1.165, 1.54) is 0 Å². The third-order valence-corrected chi connectivity index (χ3v) is 1.89. The van der Waals surface area contributed by atoms with Crippen molar-refractivity contribution in [3.05, 3.63) is 0 Å². The first kappa shape index (κ1) is 14.9. The van der Waals surface area contributed by atoms with Crippen LogP contribution in [0.2, 0.25) is 0 Å². The zero-order chi connectivity index (χ0) is 9.78. The third kappa shape index (κ3) is 5.64. The van der Waals surface area contributed by atoms with Crippen LogP contribution >= 0.6 is 0 Å². The van der Waals surface area contributed by atoms with E-state index in [9.17, 15) is 4.79 Å². The van der Waals surface area contributed by atoms with E-state index in [1.807, 2.05) is 39.8 Å². The first-order valence-electron chi connectivity index (χ1n) is 4.22. The number of rotatable bonds is 4. The number of ether oxygens (including phenoxy) is 1. The predicted molar refractivity (Wildman–Crippen MR) is 55.4 cm³/mol. The van der Waals surface area contributed by atoms with Crippen molar-refractivity contribution in [2.45, 2.75) is 34.6 Å². The number of carbonyl (C=O) groups excluding carboxylic acids is 1. The Balaban J connectivity index is 0. The Morgan fingerprint density at radius 1 is 1.38 bits per heavy atom. The van der Waals surface area contributed by atoms with Crippen molar-refractivity contribution in [3.63, 3.8) is 0 Å². The minimum absolute atomic E-state index is 0. The zero-order valence-corrected chi connectivity index (χ0v) is 8.68. The molecule has 0 fully saturated rings. The molecule has 0 aliphatic carbocycles. The van der Waals surface area contributed by atoms with Crippen molar-refractivity contribution in [1.82, 2.24) is 4.90 Å². The van der Waals surface area contributed by atoms with Gasteiger partial charge in [-0.1, -0.05) is 14.4 Å². The van der Waals surface area contributed by atoms with Gasteiger partial charge in [-0.05, 0) is 34.4 Å². The van der Waals surface area contributed by atoms with E-state index in [4.69, 9.17) is 4.74 Å². The second kappa shape index (κ2) is 5.97. The van der Waals surface area contributed by atoms with Crippen LogP contribution in [0.1, 0.15) is 34.6 Å². The summed E-state index contributed by atoms with van der Waals surface area (Å²) in [6.45, 7) is 6.13. The van der Waals surface area contributed by atoms with Crippen LogP contribution in [-0.2, 0) is 9.53 Å². The normalized spacial score (nSPS) is 10.9. The lowest BCUT2D eigenvalue weighted by Crippen LogP contribution is -2.29. The van der Waals surface area contributed by atoms with Crippen LogP contribution in [0.25, 0.3) is 0 Å². The smallest absolute Gasteiger partial charge is 0.312 e. The molecule has 0 aromatic rings. The van der Waals surface area contributed by atoms with Gasteiger partial charge in [-0.3, -0.25) is 9.69 Å². The lowest BCUT2D eigenvalue weighted by molar-refractivity contribution is -0.158. The number of carbonyl (C=O) groups is 1. The summed E-state index contributed by atoms with van der Waals surface area (Å²) >= 11 is 0. The number of nitrogens with zero attached hydrogens (tertiary/aromatic N) is 1. The Morgan fingerprint density at radius 3 is 2.15 bits per heavy atom. The highest BCUT2D eigenvalue weighted by molar-refractivity contribution is 5.75. The van der Waals surface area contributed by atoms with Crippen molar-refractivity contribution in [2.24, 2.45) is 5.41 Å². The van der Waals surface area contributed by atoms with Gasteiger partial charge in [0.1, 0.15) is 6.73 Å². The summed E-state index contributed by atoms with van der Waals surface area (Å²) in [6.07, 6.45) is 0.805. The Hall–Kier alpha value is -0.570. The molecule has 3 heteroatoms. The van der Waals surface area contributed by atoms with E-state index >= 15 is 0 Å². The van der Waals surface area contributed by atoms with Crippen LogP contribution < -0.4 is 0 Å². The summed E-state index contributed by atoms with van der Waals surface area (Å²) in [5, 5.41) is 0. The summed E-state index contributed by atoms with van der Waals surface area (Å²) in [5.74, 6) is -0.126. The minimum Gasteiger partial charge on any atom is -0.449 e. The highest BCUT2D eigenvalue weighted by Crippen LogP contribution is 2.21. The monoisotopic (exact) mass is 189 g/mol. The first-order chi connectivity index (χ1) is 5.40. The summed E-state index contributed by atoms with van der Waals surface area (Å²) in [5.41, 5.74) is -0.351. The second-order valence-corrected chi connectivity index (χ2v) is 3.88. The van der Waals surface area contributed by atoms with Gasteiger partial charge in [-0.25, -0.2) is 0 Å².